The van der Waals surface area contributed by atoms with Gasteiger partial charge in [0.05, 0.1) is 12.9 Å². The van der Waals surface area contributed by atoms with Gasteiger partial charge < -0.3 is 10.3 Å². The van der Waals surface area contributed by atoms with E-state index in [-0.39, 0.29) is 23.8 Å². The van der Waals surface area contributed by atoms with Crippen molar-refractivity contribution in [1.82, 2.24) is 19.5 Å². The second kappa shape index (κ2) is 4.61. The number of anilines is 1. The van der Waals surface area contributed by atoms with Crippen LogP contribution in [-0.4, -0.2) is 25.3 Å². The molecule has 0 spiro atoms. The summed E-state index contributed by atoms with van der Waals surface area (Å²) >= 11 is 0. The van der Waals surface area contributed by atoms with Crippen molar-refractivity contribution in [2.75, 3.05) is 5.73 Å². The maximum absolute atomic E-state index is 12.1. The number of ketones is 1. The number of imidazole rings is 1. The number of carbonyl (C=O) groups is 1. The van der Waals surface area contributed by atoms with Gasteiger partial charge in [0.2, 0.25) is 5.95 Å². The third-order valence-corrected chi connectivity index (χ3v) is 2.90. The lowest BCUT2D eigenvalue weighted by Crippen LogP contribution is -2.14. The number of fused-ring (bicyclic) bond motifs is 1. The Labute approximate surface area is 113 Å². The van der Waals surface area contributed by atoms with Gasteiger partial charge in [0.25, 0.3) is 5.56 Å². The molecule has 0 radical (unpaired) electrons. The van der Waals surface area contributed by atoms with E-state index in [1.165, 1.54) is 10.9 Å². The van der Waals surface area contributed by atoms with Gasteiger partial charge in [-0.05, 0) is 0 Å². The molecule has 7 heteroatoms. The van der Waals surface area contributed by atoms with E-state index in [0.29, 0.717) is 11.2 Å². The Bertz CT molecular complexity index is 835. The summed E-state index contributed by atoms with van der Waals surface area (Å²) in [4.78, 5) is 34.1. The lowest BCUT2D eigenvalue weighted by molar-refractivity contribution is 0.0973. The fraction of sp³-hybridized carbons (Fsp3) is 0.0769. The van der Waals surface area contributed by atoms with Crippen LogP contribution in [0.25, 0.3) is 11.2 Å². The minimum absolute atomic E-state index is 0.00332. The van der Waals surface area contributed by atoms with Crippen LogP contribution in [0.4, 0.5) is 5.95 Å². The molecular weight excluding hydrogens is 258 g/mol. The topological polar surface area (TPSA) is 107 Å². The van der Waals surface area contributed by atoms with Crippen molar-refractivity contribution in [2.24, 2.45) is 0 Å². The average Bonchev–Trinajstić information content (AvgIpc) is 2.83. The van der Waals surface area contributed by atoms with E-state index in [4.69, 9.17) is 5.73 Å². The number of aromatic amines is 1. The molecule has 0 saturated heterocycles. The molecule has 1 aromatic carbocycles. The Balaban J connectivity index is 2.00. The quantitative estimate of drug-likeness (QED) is 0.676. The van der Waals surface area contributed by atoms with E-state index in [1.807, 2.05) is 6.07 Å². The zero-order chi connectivity index (χ0) is 14.1. The van der Waals surface area contributed by atoms with Crippen molar-refractivity contribution in [1.29, 1.82) is 0 Å². The van der Waals surface area contributed by atoms with Gasteiger partial charge in [0.15, 0.2) is 16.9 Å². The number of nitrogens with one attached hydrogen (secondary N) is 1. The molecule has 0 aliphatic rings. The molecule has 0 aliphatic carbocycles. The Morgan fingerprint density at radius 1 is 1.30 bits per heavy atom. The first-order valence-corrected chi connectivity index (χ1v) is 5.94. The Hall–Kier alpha value is -2.96. The number of Topliss-reactive ketones (excluding diaryl/α,β-unsaturated/α-hetero) is 1. The molecule has 3 N–H and O–H groups in total. The highest BCUT2D eigenvalue weighted by Crippen LogP contribution is 2.08. The van der Waals surface area contributed by atoms with E-state index in [1.54, 1.807) is 24.3 Å². The SMILES string of the molecule is Nc1nc2c(ncn2CC(=O)c2ccccc2)c(=O)[nH]1. The fourth-order valence-corrected chi connectivity index (χ4v) is 1.96. The predicted molar refractivity (Wildman–Crippen MR) is 73.3 cm³/mol. The van der Waals surface area contributed by atoms with Crippen molar-refractivity contribution >= 4 is 22.9 Å². The van der Waals surface area contributed by atoms with Crippen LogP contribution in [0.5, 0.6) is 0 Å². The van der Waals surface area contributed by atoms with E-state index in [9.17, 15) is 9.59 Å². The van der Waals surface area contributed by atoms with Crippen LogP contribution in [-0.2, 0) is 6.54 Å². The molecule has 0 atom stereocenters. The predicted octanol–water partition coefficient (Wildman–Crippen LogP) is 0.585. The summed E-state index contributed by atoms with van der Waals surface area (Å²) in [6, 6.07) is 8.89. The highest BCUT2D eigenvalue weighted by atomic mass is 16.1. The summed E-state index contributed by atoms with van der Waals surface area (Å²) in [5.41, 5.74) is 6.14. The summed E-state index contributed by atoms with van der Waals surface area (Å²) < 4.78 is 1.51. The van der Waals surface area contributed by atoms with Gasteiger partial charge in [-0.3, -0.25) is 14.6 Å². The minimum atomic E-state index is -0.418. The van der Waals surface area contributed by atoms with Gasteiger partial charge in [0.1, 0.15) is 0 Å². The summed E-state index contributed by atoms with van der Waals surface area (Å²) in [7, 11) is 0. The molecule has 2 aromatic heterocycles. The first kappa shape index (κ1) is 12.1. The molecule has 0 saturated carbocycles. The van der Waals surface area contributed by atoms with E-state index in [0.717, 1.165) is 0 Å². The lowest BCUT2D eigenvalue weighted by atomic mass is 10.1. The Kier molecular flexibility index (Phi) is 2.79. The molecule has 20 heavy (non-hydrogen) atoms. The third-order valence-electron chi connectivity index (χ3n) is 2.90. The molecular formula is C13H11N5O2. The number of hydrogen-bond acceptors (Lipinski definition) is 5. The highest BCUT2D eigenvalue weighted by molar-refractivity contribution is 5.96. The monoisotopic (exact) mass is 269 g/mol. The first-order valence-electron chi connectivity index (χ1n) is 5.94. The van der Waals surface area contributed by atoms with Crippen LogP contribution in [0.15, 0.2) is 41.5 Å². The second-order valence-corrected chi connectivity index (χ2v) is 4.29. The highest BCUT2D eigenvalue weighted by Gasteiger charge is 2.12. The number of benzene rings is 1. The van der Waals surface area contributed by atoms with Crippen LogP contribution < -0.4 is 11.3 Å². The van der Waals surface area contributed by atoms with Crippen LogP contribution >= 0.6 is 0 Å². The summed E-state index contributed by atoms with van der Waals surface area (Å²) in [6.45, 7) is 0.0520. The number of nitrogens with two attached hydrogens (primary N) is 1. The second-order valence-electron chi connectivity index (χ2n) is 4.29. The summed E-state index contributed by atoms with van der Waals surface area (Å²) in [6.07, 6.45) is 1.41. The average molecular weight is 269 g/mol. The van der Waals surface area contributed by atoms with Crippen LogP contribution in [0.3, 0.4) is 0 Å². The maximum Gasteiger partial charge on any atom is 0.280 e. The van der Waals surface area contributed by atoms with Gasteiger partial charge in [-0.25, -0.2) is 4.98 Å². The lowest BCUT2D eigenvalue weighted by Gasteiger charge is -2.03. The van der Waals surface area contributed by atoms with Gasteiger partial charge in [0, 0.05) is 5.56 Å². The van der Waals surface area contributed by atoms with Crippen LogP contribution in [0.1, 0.15) is 10.4 Å². The standard InChI is InChI=1S/C13H11N5O2/c14-13-16-11-10(12(20)17-13)15-7-18(11)6-9(19)8-4-2-1-3-5-8/h1-5,7H,6H2,(H3,14,16,17,20). The van der Waals surface area contributed by atoms with Crippen molar-refractivity contribution in [2.45, 2.75) is 6.54 Å². The van der Waals surface area contributed by atoms with Gasteiger partial charge in [-0.15, -0.1) is 0 Å². The Morgan fingerprint density at radius 2 is 2.05 bits per heavy atom. The first-order chi connectivity index (χ1) is 9.65. The fourth-order valence-electron chi connectivity index (χ4n) is 1.96. The number of hydrogen-bond donors (Lipinski definition) is 2. The number of nitrogens with zero attached hydrogens (tertiary/aromatic N) is 3. The number of aromatic nitrogens is 4. The summed E-state index contributed by atoms with van der Waals surface area (Å²) in [5, 5.41) is 0. The molecule has 3 rings (SSSR count). The van der Waals surface area contributed by atoms with Gasteiger partial charge >= 0.3 is 0 Å². The van der Waals surface area contributed by atoms with Gasteiger partial charge in [-0.2, -0.15) is 4.98 Å². The van der Waals surface area contributed by atoms with Gasteiger partial charge in [-0.1, -0.05) is 30.3 Å². The number of rotatable bonds is 3. The number of H-pyrrole nitrogens is 1. The van der Waals surface area contributed by atoms with E-state index in [2.05, 4.69) is 15.0 Å². The molecule has 0 aliphatic heterocycles. The number of nitrogen functional groups attached to an aromatic ring is 1. The normalized spacial score (nSPS) is 10.8. The largest absolute Gasteiger partial charge is 0.369 e. The third kappa shape index (κ3) is 2.05. The number of carbonyl (C=O) groups excluding carboxylic acids is 1. The Morgan fingerprint density at radius 3 is 2.80 bits per heavy atom. The van der Waals surface area contributed by atoms with Crippen molar-refractivity contribution in [3.63, 3.8) is 0 Å². The van der Waals surface area contributed by atoms with E-state index >= 15 is 0 Å². The molecule has 3 aromatic rings. The molecule has 100 valence electrons. The molecule has 2 heterocycles. The zero-order valence-corrected chi connectivity index (χ0v) is 10.4. The van der Waals surface area contributed by atoms with Crippen molar-refractivity contribution in [3.8, 4) is 0 Å². The van der Waals surface area contributed by atoms with Crippen LogP contribution in [0.2, 0.25) is 0 Å². The van der Waals surface area contributed by atoms with Crippen molar-refractivity contribution in [3.05, 3.63) is 52.6 Å². The maximum atomic E-state index is 12.1. The summed E-state index contributed by atoms with van der Waals surface area (Å²) in [5.74, 6) is -0.0954. The molecule has 0 bridgehead atoms. The molecule has 0 amide bonds. The molecule has 0 unspecified atom stereocenters. The minimum Gasteiger partial charge on any atom is -0.369 e. The molecule has 0 fully saturated rings. The van der Waals surface area contributed by atoms with Crippen LogP contribution in [0, 0.1) is 0 Å². The van der Waals surface area contributed by atoms with E-state index < -0.39 is 5.56 Å². The molecule has 7 nitrogen and oxygen atoms in total. The zero-order valence-electron chi connectivity index (χ0n) is 10.4. The van der Waals surface area contributed by atoms with Crippen molar-refractivity contribution < 1.29 is 4.79 Å². The smallest absolute Gasteiger partial charge is 0.280 e.